The summed E-state index contributed by atoms with van der Waals surface area (Å²) >= 11 is 0. The number of morpholine rings is 1. The summed E-state index contributed by atoms with van der Waals surface area (Å²) in [6.45, 7) is 6.09. The molecule has 1 aliphatic heterocycles. The minimum absolute atomic E-state index is 0.175. The molecule has 0 amide bonds. The van der Waals surface area contributed by atoms with Crippen LogP contribution in [0.2, 0.25) is 0 Å². The molecule has 7 nitrogen and oxygen atoms in total. The molecule has 7 heteroatoms. The summed E-state index contributed by atoms with van der Waals surface area (Å²) in [5.74, 6) is -0.714. The maximum Gasteiger partial charge on any atom is 0.339 e. The lowest BCUT2D eigenvalue weighted by Crippen LogP contribution is -2.41. The lowest BCUT2D eigenvalue weighted by molar-refractivity contribution is 0.0492. The third-order valence-corrected chi connectivity index (χ3v) is 2.94. The summed E-state index contributed by atoms with van der Waals surface area (Å²) < 4.78 is 5.22. The Labute approximate surface area is 105 Å². The maximum atomic E-state index is 11.3. The third-order valence-electron chi connectivity index (χ3n) is 2.94. The molecule has 0 bridgehead atoms. The number of hydrazine groups is 1. The predicted molar refractivity (Wildman–Crippen MR) is 64.5 cm³/mol. The zero-order chi connectivity index (χ0) is 13.1. The Bertz CT molecular complexity index is 458. The van der Waals surface area contributed by atoms with Gasteiger partial charge in [-0.25, -0.2) is 9.80 Å². The van der Waals surface area contributed by atoms with Crippen molar-refractivity contribution in [1.82, 2.24) is 15.2 Å². The number of anilines is 1. The number of aromatic carboxylic acids is 1. The highest BCUT2D eigenvalue weighted by Crippen LogP contribution is 2.19. The first-order valence-corrected chi connectivity index (χ1v) is 5.76. The van der Waals surface area contributed by atoms with Crippen LogP contribution < -0.4 is 5.43 Å². The Morgan fingerprint density at radius 3 is 2.61 bits per heavy atom. The van der Waals surface area contributed by atoms with Crippen LogP contribution in [0.4, 0.5) is 5.82 Å². The first-order chi connectivity index (χ1) is 8.59. The fraction of sp³-hybridized carbons (Fsp3) is 0.545. The highest BCUT2D eigenvalue weighted by molar-refractivity contribution is 5.94. The van der Waals surface area contributed by atoms with E-state index in [1.165, 1.54) is 0 Å². The van der Waals surface area contributed by atoms with Crippen molar-refractivity contribution in [3.63, 3.8) is 0 Å². The number of rotatable bonds is 3. The van der Waals surface area contributed by atoms with Crippen LogP contribution in [0.3, 0.4) is 0 Å². The number of carboxylic acids is 1. The van der Waals surface area contributed by atoms with E-state index in [9.17, 15) is 9.90 Å². The van der Waals surface area contributed by atoms with Gasteiger partial charge in [-0.15, -0.1) is 5.10 Å². The molecule has 2 N–H and O–H groups in total. The molecule has 98 valence electrons. The van der Waals surface area contributed by atoms with Gasteiger partial charge in [0.05, 0.1) is 18.9 Å². The molecule has 0 radical (unpaired) electrons. The molecule has 0 aliphatic carbocycles. The molecule has 0 spiro atoms. The Balaban J connectivity index is 2.26. The molecular formula is C11H16N4O3. The van der Waals surface area contributed by atoms with Crippen molar-refractivity contribution < 1.29 is 14.6 Å². The van der Waals surface area contributed by atoms with Crippen LogP contribution in [0.15, 0.2) is 0 Å². The lowest BCUT2D eigenvalue weighted by atomic mass is 10.1. The molecule has 18 heavy (non-hydrogen) atoms. The number of hydrogen-bond acceptors (Lipinski definition) is 6. The van der Waals surface area contributed by atoms with E-state index < -0.39 is 5.97 Å². The summed E-state index contributed by atoms with van der Waals surface area (Å²) in [5, 5.41) is 19.0. The summed E-state index contributed by atoms with van der Waals surface area (Å²) in [6.07, 6.45) is 0. The van der Waals surface area contributed by atoms with Crippen molar-refractivity contribution in [2.24, 2.45) is 0 Å². The van der Waals surface area contributed by atoms with Gasteiger partial charge in [0.2, 0.25) is 0 Å². The van der Waals surface area contributed by atoms with E-state index in [1.807, 2.05) is 5.01 Å². The molecule has 2 heterocycles. The zero-order valence-corrected chi connectivity index (χ0v) is 10.4. The van der Waals surface area contributed by atoms with Crippen molar-refractivity contribution in [2.75, 3.05) is 31.7 Å². The zero-order valence-electron chi connectivity index (χ0n) is 10.4. The van der Waals surface area contributed by atoms with Gasteiger partial charge in [0.15, 0.2) is 5.82 Å². The van der Waals surface area contributed by atoms with Gasteiger partial charge in [0.25, 0.3) is 0 Å². The van der Waals surface area contributed by atoms with Crippen LogP contribution >= 0.6 is 0 Å². The van der Waals surface area contributed by atoms with E-state index in [1.54, 1.807) is 13.8 Å². The number of aromatic nitrogens is 2. The summed E-state index contributed by atoms with van der Waals surface area (Å²) in [5.41, 5.74) is 4.43. The normalized spacial score (nSPS) is 16.6. The fourth-order valence-corrected chi connectivity index (χ4v) is 1.77. The van der Waals surface area contributed by atoms with Crippen molar-refractivity contribution in [3.05, 3.63) is 16.8 Å². The summed E-state index contributed by atoms with van der Waals surface area (Å²) in [4.78, 5) is 11.3. The Morgan fingerprint density at radius 2 is 2.00 bits per heavy atom. The predicted octanol–water partition coefficient (Wildman–Crippen LogP) is 0.451. The molecule has 1 aliphatic rings. The van der Waals surface area contributed by atoms with Gasteiger partial charge in [-0.2, -0.15) is 5.10 Å². The molecule has 0 unspecified atom stereocenters. The Hall–Kier alpha value is -1.73. The minimum Gasteiger partial charge on any atom is -0.478 e. The van der Waals surface area contributed by atoms with Crippen LogP contribution in [0.5, 0.6) is 0 Å². The standard InChI is InChI=1S/C11H16N4O3/c1-7-8(2)12-13-10(9(7)11(16)17)14-15-3-5-18-6-4-15/h3-6H2,1-2H3,(H,13,14)(H,16,17). The number of carbonyl (C=O) groups is 1. The molecular weight excluding hydrogens is 236 g/mol. The van der Waals surface area contributed by atoms with Crippen LogP contribution in [-0.4, -0.2) is 52.6 Å². The van der Waals surface area contributed by atoms with E-state index in [-0.39, 0.29) is 11.4 Å². The monoisotopic (exact) mass is 252 g/mol. The number of nitrogens with zero attached hydrogens (tertiary/aromatic N) is 3. The van der Waals surface area contributed by atoms with Gasteiger partial charge in [-0.1, -0.05) is 0 Å². The third kappa shape index (κ3) is 2.57. The number of aryl methyl sites for hydroxylation is 1. The van der Waals surface area contributed by atoms with Gasteiger partial charge in [-0.05, 0) is 19.4 Å². The van der Waals surface area contributed by atoms with Crippen LogP contribution in [0.1, 0.15) is 21.6 Å². The minimum atomic E-state index is -0.999. The Morgan fingerprint density at radius 1 is 1.33 bits per heavy atom. The number of hydrogen-bond donors (Lipinski definition) is 2. The maximum absolute atomic E-state index is 11.3. The van der Waals surface area contributed by atoms with Crippen molar-refractivity contribution in [3.8, 4) is 0 Å². The van der Waals surface area contributed by atoms with E-state index in [0.717, 1.165) is 0 Å². The van der Waals surface area contributed by atoms with E-state index in [2.05, 4.69) is 15.6 Å². The second-order valence-electron chi connectivity index (χ2n) is 4.15. The van der Waals surface area contributed by atoms with E-state index in [0.29, 0.717) is 37.6 Å². The SMILES string of the molecule is Cc1nnc(NN2CCOCC2)c(C(=O)O)c1C. The molecule has 0 saturated carbocycles. The molecule has 2 rings (SSSR count). The summed E-state index contributed by atoms with van der Waals surface area (Å²) in [7, 11) is 0. The number of nitrogens with one attached hydrogen (secondary N) is 1. The first kappa shape index (κ1) is 12.7. The van der Waals surface area contributed by atoms with Gasteiger partial charge >= 0.3 is 5.97 Å². The fourth-order valence-electron chi connectivity index (χ4n) is 1.77. The number of carboxylic acid groups (broad SMARTS) is 1. The average Bonchev–Trinajstić information content (AvgIpc) is 2.35. The lowest BCUT2D eigenvalue weighted by Gasteiger charge is -2.27. The van der Waals surface area contributed by atoms with Gasteiger partial charge in [-0.3, -0.25) is 0 Å². The van der Waals surface area contributed by atoms with E-state index in [4.69, 9.17) is 4.74 Å². The molecule has 1 saturated heterocycles. The molecule has 0 aromatic carbocycles. The first-order valence-electron chi connectivity index (χ1n) is 5.76. The number of ether oxygens (including phenoxy) is 1. The van der Waals surface area contributed by atoms with Crippen LogP contribution in [-0.2, 0) is 4.74 Å². The topological polar surface area (TPSA) is 87.6 Å². The second-order valence-corrected chi connectivity index (χ2v) is 4.15. The van der Waals surface area contributed by atoms with Crippen molar-refractivity contribution in [2.45, 2.75) is 13.8 Å². The molecule has 0 atom stereocenters. The van der Waals surface area contributed by atoms with Gasteiger partial charge < -0.3 is 15.3 Å². The van der Waals surface area contributed by atoms with Crippen LogP contribution in [0, 0.1) is 13.8 Å². The average molecular weight is 252 g/mol. The second kappa shape index (κ2) is 5.28. The summed E-state index contributed by atoms with van der Waals surface area (Å²) in [6, 6.07) is 0. The molecule has 1 fully saturated rings. The Kier molecular flexibility index (Phi) is 3.73. The van der Waals surface area contributed by atoms with Crippen molar-refractivity contribution >= 4 is 11.8 Å². The van der Waals surface area contributed by atoms with Crippen LogP contribution in [0.25, 0.3) is 0 Å². The van der Waals surface area contributed by atoms with Crippen molar-refractivity contribution in [1.29, 1.82) is 0 Å². The molecule has 1 aromatic heterocycles. The van der Waals surface area contributed by atoms with Gasteiger partial charge in [0.1, 0.15) is 5.56 Å². The highest BCUT2D eigenvalue weighted by Gasteiger charge is 2.20. The quantitative estimate of drug-likeness (QED) is 0.807. The largest absolute Gasteiger partial charge is 0.478 e. The smallest absolute Gasteiger partial charge is 0.339 e. The molecule has 1 aromatic rings. The highest BCUT2D eigenvalue weighted by atomic mass is 16.5. The van der Waals surface area contributed by atoms with Gasteiger partial charge in [0, 0.05) is 13.1 Å². The van der Waals surface area contributed by atoms with E-state index >= 15 is 0 Å².